The number of aromatic nitrogens is 5. The topological polar surface area (TPSA) is 88.8 Å². The Kier molecular flexibility index (Phi) is 5.90. The van der Waals surface area contributed by atoms with Gasteiger partial charge in [0.15, 0.2) is 0 Å². The van der Waals surface area contributed by atoms with Gasteiger partial charge in [-0.25, -0.2) is 15.0 Å². The summed E-state index contributed by atoms with van der Waals surface area (Å²) in [6.45, 7) is 6.64. The van der Waals surface area contributed by atoms with Crippen molar-refractivity contribution < 1.29 is 4.79 Å². The molecule has 0 bridgehead atoms. The van der Waals surface area contributed by atoms with Gasteiger partial charge in [-0.15, -0.1) is 11.3 Å². The van der Waals surface area contributed by atoms with Gasteiger partial charge in [-0.1, -0.05) is 0 Å². The molecule has 0 aliphatic carbocycles. The molecule has 1 saturated heterocycles. The van der Waals surface area contributed by atoms with Gasteiger partial charge in [0.1, 0.15) is 11.5 Å². The van der Waals surface area contributed by atoms with Gasteiger partial charge in [0.25, 0.3) is 5.91 Å². The van der Waals surface area contributed by atoms with Crippen molar-refractivity contribution in [1.82, 2.24) is 29.6 Å². The summed E-state index contributed by atoms with van der Waals surface area (Å²) in [6.07, 6.45) is 7.60. The van der Waals surface area contributed by atoms with E-state index in [1.807, 2.05) is 30.8 Å². The standard InChI is InChI=1S/C24H27N7OS/c1-15(2)31-8-6-16(7-9-31)24-28-21(14-33-24)23(32)29-22-10-20-17(11-25-22)4-5-19(27-20)18-12-26-30(3)13-18/h4-5,10-16H,6-9H2,1-3H3,(H,25,29,32). The smallest absolute Gasteiger partial charge is 0.276 e. The number of nitrogens with one attached hydrogen (secondary N) is 1. The monoisotopic (exact) mass is 461 g/mol. The van der Waals surface area contributed by atoms with Crippen molar-refractivity contribution in [3.05, 3.63) is 52.9 Å². The summed E-state index contributed by atoms with van der Waals surface area (Å²) in [6, 6.07) is 6.29. The van der Waals surface area contributed by atoms with Crippen LogP contribution in [0, 0.1) is 0 Å². The quantitative estimate of drug-likeness (QED) is 0.476. The average molecular weight is 462 g/mol. The molecule has 4 aromatic heterocycles. The molecule has 1 fully saturated rings. The molecule has 1 amide bonds. The Hall–Kier alpha value is -3.17. The second kappa shape index (κ2) is 8.99. The van der Waals surface area contributed by atoms with Crippen LogP contribution in [-0.4, -0.2) is 54.7 Å². The van der Waals surface area contributed by atoms with Gasteiger partial charge in [-0.05, 0) is 51.9 Å². The molecule has 0 spiro atoms. The summed E-state index contributed by atoms with van der Waals surface area (Å²) in [5.41, 5.74) is 2.97. The molecule has 170 valence electrons. The Labute approximate surface area is 196 Å². The van der Waals surface area contributed by atoms with E-state index in [4.69, 9.17) is 4.98 Å². The number of thiazole rings is 1. The third-order valence-electron chi connectivity index (χ3n) is 6.18. The number of anilines is 1. The predicted molar refractivity (Wildman–Crippen MR) is 130 cm³/mol. The lowest BCUT2D eigenvalue weighted by atomic mass is 9.97. The summed E-state index contributed by atoms with van der Waals surface area (Å²) in [7, 11) is 1.88. The Morgan fingerprint density at radius 1 is 1.18 bits per heavy atom. The molecule has 0 unspecified atom stereocenters. The number of amides is 1. The SMILES string of the molecule is CC(C)N1CCC(c2nc(C(=O)Nc3cc4nc(-c5cnn(C)c5)ccc4cn3)cs2)CC1. The van der Waals surface area contributed by atoms with E-state index < -0.39 is 0 Å². The van der Waals surface area contributed by atoms with Crippen LogP contribution < -0.4 is 5.32 Å². The molecule has 1 aliphatic heterocycles. The van der Waals surface area contributed by atoms with Gasteiger partial charge in [-0.3, -0.25) is 9.48 Å². The Bertz CT molecular complexity index is 1290. The maximum atomic E-state index is 12.8. The number of nitrogens with zero attached hydrogens (tertiary/aromatic N) is 6. The minimum atomic E-state index is -0.243. The van der Waals surface area contributed by atoms with Crippen molar-refractivity contribution in [2.45, 2.75) is 38.6 Å². The average Bonchev–Trinajstić information content (AvgIpc) is 3.48. The largest absolute Gasteiger partial charge is 0.305 e. The number of piperidine rings is 1. The summed E-state index contributed by atoms with van der Waals surface area (Å²) in [5.74, 6) is 0.649. The number of hydrogen-bond acceptors (Lipinski definition) is 7. The van der Waals surface area contributed by atoms with Gasteiger partial charge >= 0.3 is 0 Å². The molecule has 8 nitrogen and oxygen atoms in total. The summed E-state index contributed by atoms with van der Waals surface area (Å²) in [5, 5.41) is 10.9. The number of rotatable bonds is 5. The highest BCUT2D eigenvalue weighted by molar-refractivity contribution is 7.10. The molecule has 0 atom stereocenters. The number of pyridine rings is 2. The van der Waals surface area contributed by atoms with Crippen LogP contribution in [0.2, 0.25) is 0 Å². The number of likely N-dealkylation sites (tertiary alicyclic amines) is 1. The molecular formula is C24H27N7OS. The first-order valence-electron chi connectivity index (χ1n) is 11.2. The number of aryl methyl sites for hydroxylation is 1. The van der Waals surface area contributed by atoms with Crippen LogP contribution in [0.25, 0.3) is 22.2 Å². The van der Waals surface area contributed by atoms with Crippen molar-refractivity contribution in [2.24, 2.45) is 7.05 Å². The highest BCUT2D eigenvalue weighted by Gasteiger charge is 2.25. The number of hydrogen-bond donors (Lipinski definition) is 1. The van der Waals surface area contributed by atoms with Crippen LogP contribution in [0.5, 0.6) is 0 Å². The Morgan fingerprint density at radius 3 is 2.73 bits per heavy atom. The zero-order chi connectivity index (χ0) is 22.9. The first-order valence-corrected chi connectivity index (χ1v) is 12.1. The summed E-state index contributed by atoms with van der Waals surface area (Å²) >= 11 is 1.58. The molecular weight excluding hydrogens is 434 g/mol. The molecule has 4 aromatic rings. The van der Waals surface area contributed by atoms with Crippen LogP contribution >= 0.6 is 11.3 Å². The fraction of sp³-hybridized carbons (Fsp3) is 0.375. The number of carbonyl (C=O) groups excluding carboxylic acids is 1. The molecule has 0 saturated carbocycles. The van der Waals surface area contributed by atoms with Crippen LogP contribution in [0.15, 0.2) is 42.2 Å². The molecule has 5 rings (SSSR count). The van der Waals surface area contributed by atoms with Gasteiger partial charge in [0, 0.05) is 53.8 Å². The van der Waals surface area contributed by atoms with Gasteiger partial charge in [0.2, 0.25) is 0 Å². The minimum absolute atomic E-state index is 0.243. The van der Waals surface area contributed by atoms with Crippen LogP contribution in [0.3, 0.4) is 0 Å². The maximum Gasteiger partial charge on any atom is 0.276 e. The third-order valence-corrected chi connectivity index (χ3v) is 7.19. The molecule has 9 heteroatoms. The molecule has 5 heterocycles. The van der Waals surface area contributed by atoms with E-state index in [2.05, 4.69) is 39.1 Å². The van der Waals surface area contributed by atoms with E-state index in [9.17, 15) is 4.79 Å². The van der Waals surface area contributed by atoms with E-state index in [0.29, 0.717) is 23.5 Å². The first-order chi connectivity index (χ1) is 16.0. The lowest BCUT2D eigenvalue weighted by Crippen LogP contribution is -2.37. The normalized spacial score (nSPS) is 15.4. The second-order valence-corrected chi connectivity index (χ2v) is 9.68. The fourth-order valence-corrected chi connectivity index (χ4v) is 5.19. The van der Waals surface area contributed by atoms with E-state index in [-0.39, 0.29) is 5.91 Å². The van der Waals surface area contributed by atoms with Crippen LogP contribution in [-0.2, 0) is 7.05 Å². The van der Waals surface area contributed by atoms with Crippen LogP contribution in [0.1, 0.15) is 48.1 Å². The maximum absolute atomic E-state index is 12.8. The Balaban J connectivity index is 1.29. The van der Waals surface area contributed by atoms with E-state index in [0.717, 1.165) is 53.1 Å². The highest BCUT2D eigenvalue weighted by atomic mass is 32.1. The second-order valence-electron chi connectivity index (χ2n) is 8.79. The van der Waals surface area contributed by atoms with Gasteiger partial charge in [0.05, 0.1) is 22.4 Å². The van der Waals surface area contributed by atoms with E-state index >= 15 is 0 Å². The Morgan fingerprint density at radius 2 is 2.00 bits per heavy atom. The zero-order valence-electron chi connectivity index (χ0n) is 19.0. The van der Waals surface area contributed by atoms with Crippen molar-refractivity contribution >= 4 is 34.0 Å². The third kappa shape index (κ3) is 4.65. The van der Waals surface area contributed by atoms with Crippen molar-refractivity contribution in [3.63, 3.8) is 0 Å². The van der Waals surface area contributed by atoms with Gasteiger partial charge in [-0.2, -0.15) is 5.10 Å². The van der Waals surface area contributed by atoms with Crippen molar-refractivity contribution in [1.29, 1.82) is 0 Å². The molecule has 0 radical (unpaired) electrons. The molecule has 1 N–H and O–H groups in total. The van der Waals surface area contributed by atoms with Crippen molar-refractivity contribution in [2.75, 3.05) is 18.4 Å². The number of carbonyl (C=O) groups is 1. The van der Waals surface area contributed by atoms with Gasteiger partial charge < -0.3 is 10.2 Å². The zero-order valence-corrected chi connectivity index (χ0v) is 19.8. The first kappa shape index (κ1) is 21.7. The lowest BCUT2D eigenvalue weighted by Gasteiger charge is -2.33. The van der Waals surface area contributed by atoms with E-state index in [1.54, 1.807) is 34.5 Å². The molecule has 1 aliphatic rings. The lowest BCUT2D eigenvalue weighted by molar-refractivity contribution is 0.102. The number of fused-ring (bicyclic) bond motifs is 1. The minimum Gasteiger partial charge on any atom is -0.305 e. The van der Waals surface area contributed by atoms with E-state index in [1.165, 1.54) is 0 Å². The van der Waals surface area contributed by atoms with Crippen molar-refractivity contribution in [3.8, 4) is 11.3 Å². The molecule has 0 aromatic carbocycles. The molecule has 33 heavy (non-hydrogen) atoms. The predicted octanol–water partition coefficient (Wildman–Crippen LogP) is 4.33. The summed E-state index contributed by atoms with van der Waals surface area (Å²) < 4.78 is 1.75. The summed E-state index contributed by atoms with van der Waals surface area (Å²) in [4.78, 5) is 29.1. The van der Waals surface area contributed by atoms with Crippen LogP contribution in [0.4, 0.5) is 5.82 Å². The highest BCUT2D eigenvalue weighted by Crippen LogP contribution is 2.31. The fourth-order valence-electron chi connectivity index (χ4n) is 4.22.